The van der Waals surface area contributed by atoms with Gasteiger partial charge >= 0.3 is 0 Å². The molecule has 0 radical (unpaired) electrons. The van der Waals surface area contributed by atoms with Crippen molar-refractivity contribution in [3.05, 3.63) is 42.5 Å². The highest BCUT2D eigenvalue weighted by Gasteiger charge is 2.35. The lowest BCUT2D eigenvalue weighted by molar-refractivity contribution is -0.120. The number of rotatable bonds is 3. The summed E-state index contributed by atoms with van der Waals surface area (Å²) in [5.74, 6) is -0.0343. The summed E-state index contributed by atoms with van der Waals surface area (Å²) in [6.07, 6.45) is 0.709. The van der Waals surface area contributed by atoms with E-state index in [1.807, 2.05) is 55.1 Å². The standard InChI is InChI=1S/C18H22N2O2/c1-13(20-10-9-18(2,22)12-20)17(21)19-16-8-7-14-5-3-4-6-15(14)11-16/h3-8,11,13,22H,9-10,12H2,1-2H3,(H,19,21). The number of hydrogen-bond donors (Lipinski definition) is 2. The summed E-state index contributed by atoms with van der Waals surface area (Å²) in [7, 11) is 0. The Hall–Kier alpha value is -1.91. The number of carbonyl (C=O) groups is 1. The van der Waals surface area contributed by atoms with Crippen molar-refractivity contribution in [2.24, 2.45) is 0 Å². The molecule has 0 aromatic heterocycles. The first-order valence-corrected chi connectivity index (χ1v) is 7.71. The summed E-state index contributed by atoms with van der Waals surface area (Å²) in [5.41, 5.74) is 0.124. The van der Waals surface area contributed by atoms with Crippen LogP contribution < -0.4 is 5.32 Å². The van der Waals surface area contributed by atoms with Crippen LogP contribution in [0.25, 0.3) is 10.8 Å². The molecule has 0 aliphatic carbocycles. The lowest BCUT2D eigenvalue weighted by Crippen LogP contribution is -2.42. The molecule has 2 N–H and O–H groups in total. The highest BCUT2D eigenvalue weighted by molar-refractivity contribution is 5.97. The van der Waals surface area contributed by atoms with Crippen molar-refractivity contribution in [3.8, 4) is 0 Å². The Morgan fingerprint density at radius 2 is 2.00 bits per heavy atom. The van der Waals surface area contributed by atoms with Gasteiger partial charge in [0.05, 0.1) is 11.6 Å². The molecule has 2 aromatic rings. The monoisotopic (exact) mass is 298 g/mol. The van der Waals surface area contributed by atoms with Crippen LogP contribution >= 0.6 is 0 Å². The van der Waals surface area contributed by atoms with Crippen molar-refractivity contribution < 1.29 is 9.90 Å². The second kappa shape index (κ2) is 5.71. The molecule has 1 amide bonds. The van der Waals surface area contributed by atoms with E-state index in [9.17, 15) is 9.90 Å². The molecule has 22 heavy (non-hydrogen) atoms. The second-order valence-electron chi connectivity index (χ2n) is 6.44. The number of fused-ring (bicyclic) bond motifs is 1. The number of hydrogen-bond acceptors (Lipinski definition) is 3. The van der Waals surface area contributed by atoms with E-state index in [2.05, 4.69) is 11.4 Å². The van der Waals surface area contributed by atoms with Gasteiger partial charge in [-0.1, -0.05) is 30.3 Å². The molecule has 1 saturated heterocycles. The number of likely N-dealkylation sites (tertiary alicyclic amines) is 1. The van der Waals surface area contributed by atoms with Gasteiger partial charge in [0.15, 0.2) is 0 Å². The molecule has 2 aromatic carbocycles. The molecule has 0 bridgehead atoms. The van der Waals surface area contributed by atoms with E-state index in [-0.39, 0.29) is 11.9 Å². The van der Waals surface area contributed by atoms with Gasteiger partial charge in [0.25, 0.3) is 0 Å². The van der Waals surface area contributed by atoms with Crippen LogP contribution in [0.1, 0.15) is 20.3 Å². The number of carbonyl (C=O) groups excluding carboxylic acids is 1. The zero-order chi connectivity index (χ0) is 15.7. The molecular formula is C18H22N2O2. The minimum absolute atomic E-state index is 0.0343. The first-order chi connectivity index (χ1) is 10.4. The van der Waals surface area contributed by atoms with Crippen LogP contribution in [-0.4, -0.2) is 40.6 Å². The molecule has 0 saturated carbocycles. The van der Waals surface area contributed by atoms with Crippen molar-refractivity contribution in [1.82, 2.24) is 4.90 Å². The second-order valence-corrected chi connectivity index (χ2v) is 6.44. The molecule has 0 spiro atoms. The van der Waals surface area contributed by atoms with Gasteiger partial charge in [-0.3, -0.25) is 9.69 Å². The highest BCUT2D eigenvalue weighted by atomic mass is 16.3. The third-order valence-electron chi connectivity index (χ3n) is 4.43. The van der Waals surface area contributed by atoms with E-state index in [1.54, 1.807) is 0 Å². The predicted octanol–water partition coefficient (Wildman–Crippen LogP) is 2.62. The molecule has 1 aliphatic rings. The predicted molar refractivity (Wildman–Crippen MR) is 88.9 cm³/mol. The van der Waals surface area contributed by atoms with E-state index in [4.69, 9.17) is 0 Å². The van der Waals surface area contributed by atoms with Crippen LogP contribution in [-0.2, 0) is 4.79 Å². The van der Waals surface area contributed by atoms with Crippen molar-refractivity contribution >= 4 is 22.4 Å². The van der Waals surface area contributed by atoms with Gasteiger partial charge in [-0.05, 0) is 43.2 Å². The van der Waals surface area contributed by atoms with Crippen LogP contribution in [0.5, 0.6) is 0 Å². The average molecular weight is 298 g/mol. The molecule has 2 unspecified atom stereocenters. The van der Waals surface area contributed by atoms with Gasteiger partial charge in [0.1, 0.15) is 0 Å². The van der Waals surface area contributed by atoms with Crippen LogP contribution in [0, 0.1) is 0 Å². The summed E-state index contributed by atoms with van der Waals surface area (Å²) >= 11 is 0. The van der Waals surface area contributed by atoms with Gasteiger partial charge in [0, 0.05) is 18.8 Å². The fourth-order valence-electron chi connectivity index (χ4n) is 2.99. The average Bonchev–Trinajstić information content (AvgIpc) is 2.86. The SMILES string of the molecule is CC(C(=O)Nc1ccc2ccccc2c1)N1CCC(C)(O)C1. The Bertz CT molecular complexity index is 696. The van der Waals surface area contributed by atoms with Crippen LogP contribution in [0.3, 0.4) is 0 Å². The lowest BCUT2D eigenvalue weighted by Gasteiger charge is -2.24. The Kier molecular flexibility index (Phi) is 3.89. The number of nitrogens with zero attached hydrogens (tertiary/aromatic N) is 1. The summed E-state index contributed by atoms with van der Waals surface area (Å²) < 4.78 is 0. The number of β-amino-alcohol motifs (C(OH)–C–C–N with tert-alkyl or cyclic N) is 1. The lowest BCUT2D eigenvalue weighted by atomic mass is 10.1. The Balaban J connectivity index is 1.70. The number of nitrogens with one attached hydrogen (secondary N) is 1. The first kappa shape index (κ1) is 15.0. The maximum absolute atomic E-state index is 12.4. The van der Waals surface area contributed by atoms with E-state index < -0.39 is 5.60 Å². The third-order valence-corrected chi connectivity index (χ3v) is 4.43. The van der Waals surface area contributed by atoms with Crippen molar-refractivity contribution in [1.29, 1.82) is 0 Å². The van der Waals surface area contributed by atoms with Crippen LogP contribution in [0.4, 0.5) is 5.69 Å². The molecule has 1 heterocycles. The number of anilines is 1. The van der Waals surface area contributed by atoms with E-state index in [0.29, 0.717) is 13.0 Å². The van der Waals surface area contributed by atoms with Crippen molar-refractivity contribution in [2.45, 2.75) is 31.9 Å². The zero-order valence-electron chi connectivity index (χ0n) is 13.0. The molecule has 1 fully saturated rings. The summed E-state index contributed by atoms with van der Waals surface area (Å²) in [5, 5.41) is 15.3. The number of aliphatic hydroxyl groups is 1. The minimum atomic E-state index is -0.683. The third kappa shape index (κ3) is 3.13. The largest absolute Gasteiger partial charge is 0.389 e. The fourth-order valence-corrected chi connectivity index (χ4v) is 2.99. The first-order valence-electron chi connectivity index (χ1n) is 7.71. The van der Waals surface area contributed by atoms with Crippen LogP contribution in [0.15, 0.2) is 42.5 Å². The topological polar surface area (TPSA) is 52.6 Å². The van der Waals surface area contributed by atoms with Gasteiger partial charge in [-0.15, -0.1) is 0 Å². The van der Waals surface area contributed by atoms with Gasteiger partial charge < -0.3 is 10.4 Å². The Labute approximate surface area is 130 Å². The van der Waals surface area contributed by atoms with E-state index in [1.165, 1.54) is 0 Å². The molecule has 3 rings (SSSR count). The molecule has 1 aliphatic heterocycles. The highest BCUT2D eigenvalue weighted by Crippen LogP contribution is 2.23. The maximum Gasteiger partial charge on any atom is 0.241 e. The molecule has 2 atom stereocenters. The molecule has 4 heteroatoms. The maximum atomic E-state index is 12.4. The minimum Gasteiger partial charge on any atom is -0.389 e. The van der Waals surface area contributed by atoms with E-state index >= 15 is 0 Å². The smallest absolute Gasteiger partial charge is 0.241 e. The van der Waals surface area contributed by atoms with Crippen LogP contribution in [0.2, 0.25) is 0 Å². The Morgan fingerprint density at radius 1 is 1.27 bits per heavy atom. The summed E-state index contributed by atoms with van der Waals surface area (Å²) in [6, 6.07) is 13.7. The number of benzene rings is 2. The normalized spacial score (nSPS) is 23.6. The van der Waals surface area contributed by atoms with Gasteiger partial charge in [-0.25, -0.2) is 0 Å². The quantitative estimate of drug-likeness (QED) is 0.916. The summed E-state index contributed by atoms with van der Waals surface area (Å²) in [6.45, 7) is 5.00. The molecule has 4 nitrogen and oxygen atoms in total. The fraction of sp³-hybridized carbons (Fsp3) is 0.389. The molecular weight excluding hydrogens is 276 g/mol. The summed E-state index contributed by atoms with van der Waals surface area (Å²) in [4.78, 5) is 14.4. The van der Waals surface area contributed by atoms with E-state index in [0.717, 1.165) is 23.0 Å². The van der Waals surface area contributed by atoms with Crippen molar-refractivity contribution in [2.75, 3.05) is 18.4 Å². The molecule has 116 valence electrons. The number of amides is 1. The van der Waals surface area contributed by atoms with Gasteiger partial charge in [-0.2, -0.15) is 0 Å². The Morgan fingerprint density at radius 3 is 2.68 bits per heavy atom. The zero-order valence-corrected chi connectivity index (χ0v) is 13.0. The van der Waals surface area contributed by atoms with Crippen molar-refractivity contribution in [3.63, 3.8) is 0 Å². The van der Waals surface area contributed by atoms with Gasteiger partial charge in [0.2, 0.25) is 5.91 Å².